The van der Waals surface area contributed by atoms with Crippen LogP contribution in [0.15, 0.2) is 24.5 Å². The van der Waals surface area contributed by atoms with Crippen molar-refractivity contribution in [2.75, 3.05) is 25.9 Å². The van der Waals surface area contributed by atoms with Crippen LogP contribution in [0.1, 0.15) is 31.2 Å². The molecular formula is C15H23N3O2S. The molecule has 1 atom stereocenters. The largest absolute Gasteiger partial charge is 0.297 e. The van der Waals surface area contributed by atoms with Crippen molar-refractivity contribution >= 4 is 10.0 Å². The van der Waals surface area contributed by atoms with Gasteiger partial charge in [-0.15, -0.1) is 0 Å². The first-order valence-electron chi connectivity index (χ1n) is 7.59. The molecule has 0 saturated carbocycles. The summed E-state index contributed by atoms with van der Waals surface area (Å²) in [4.78, 5) is 6.51. The smallest absolute Gasteiger partial charge is 0.211 e. The summed E-state index contributed by atoms with van der Waals surface area (Å²) in [6.45, 7) is 3.34. The number of hydrogen-bond donors (Lipinski definition) is 0. The van der Waals surface area contributed by atoms with Crippen LogP contribution in [-0.2, 0) is 16.6 Å². The fourth-order valence-corrected chi connectivity index (χ4v) is 5.23. The van der Waals surface area contributed by atoms with Gasteiger partial charge in [0.25, 0.3) is 0 Å². The quantitative estimate of drug-likeness (QED) is 0.848. The number of pyridine rings is 1. The number of rotatable bonds is 3. The number of hydrogen-bond acceptors (Lipinski definition) is 4. The highest BCUT2D eigenvalue weighted by molar-refractivity contribution is 7.88. The normalized spacial score (nSPS) is 28.2. The lowest BCUT2D eigenvalue weighted by Crippen LogP contribution is -2.55. The second-order valence-corrected chi connectivity index (χ2v) is 8.25. The van der Waals surface area contributed by atoms with Crippen molar-refractivity contribution in [2.45, 2.75) is 37.8 Å². The maximum absolute atomic E-state index is 12.1. The summed E-state index contributed by atoms with van der Waals surface area (Å²) in [7, 11) is -3.12. The first kappa shape index (κ1) is 14.9. The van der Waals surface area contributed by atoms with Gasteiger partial charge in [-0.1, -0.05) is 12.5 Å². The van der Waals surface area contributed by atoms with Crippen molar-refractivity contribution in [2.24, 2.45) is 0 Å². The van der Waals surface area contributed by atoms with Gasteiger partial charge < -0.3 is 0 Å². The molecule has 2 saturated heterocycles. The molecular weight excluding hydrogens is 286 g/mol. The highest BCUT2D eigenvalue weighted by Gasteiger charge is 2.47. The van der Waals surface area contributed by atoms with Gasteiger partial charge in [0, 0.05) is 44.1 Å². The van der Waals surface area contributed by atoms with Gasteiger partial charge in [-0.2, -0.15) is 4.31 Å². The summed E-state index contributed by atoms with van der Waals surface area (Å²) in [6, 6.07) is 4.03. The van der Waals surface area contributed by atoms with Crippen LogP contribution in [0.2, 0.25) is 0 Å². The Morgan fingerprint density at radius 1 is 1.29 bits per heavy atom. The molecule has 2 fully saturated rings. The Bertz CT molecular complexity index is 590. The van der Waals surface area contributed by atoms with Crippen LogP contribution >= 0.6 is 0 Å². The standard InChI is InChI=1S/C15H23N3O2S/c1-21(19,20)18-9-3-2-6-15(18)7-10-17(13-15)12-14-5-4-8-16-11-14/h4-5,8,11H,2-3,6-7,9-10,12-13H2,1H3/t15-/m1/s1. The van der Waals surface area contributed by atoms with E-state index in [9.17, 15) is 8.42 Å². The van der Waals surface area contributed by atoms with Gasteiger partial charge in [-0.3, -0.25) is 9.88 Å². The van der Waals surface area contributed by atoms with Crippen LogP contribution in [0.3, 0.4) is 0 Å². The topological polar surface area (TPSA) is 53.5 Å². The van der Waals surface area contributed by atoms with Crippen LogP contribution in [0.5, 0.6) is 0 Å². The lowest BCUT2D eigenvalue weighted by molar-refractivity contribution is 0.134. The Kier molecular flexibility index (Phi) is 4.03. The lowest BCUT2D eigenvalue weighted by atomic mass is 9.88. The SMILES string of the molecule is CS(=O)(=O)N1CCCC[C@]12CCN(Cc1cccnc1)C2. The van der Waals surface area contributed by atoms with E-state index in [-0.39, 0.29) is 5.54 Å². The fourth-order valence-electron chi connectivity index (χ4n) is 3.82. The summed E-state index contributed by atoms with van der Waals surface area (Å²) in [5, 5.41) is 0. The molecule has 0 aromatic carbocycles. The molecule has 0 N–H and O–H groups in total. The summed E-state index contributed by atoms with van der Waals surface area (Å²) in [6.07, 6.45) is 9.07. The maximum atomic E-state index is 12.1. The molecule has 5 nitrogen and oxygen atoms in total. The number of nitrogens with zero attached hydrogens (tertiary/aromatic N) is 3. The third-order valence-electron chi connectivity index (χ3n) is 4.72. The van der Waals surface area contributed by atoms with E-state index in [4.69, 9.17) is 0 Å². The number of aromatic nitrogens is 1. The highest BCUT2D eigenvalue weighted by Crippen LogP contribution is 2.38. The molecule has 0 unspecified atom stereocenters. The first-order chi connectivity index (χ1) is 10.00. The minimum atomic E-state index is -3.12. The monoisotopic (exact) mass is 309 g/mol. The molecule has 3 heterocycles. The molecule has 1 aromatic heterocycles. The van der Waals surface area contributed by atoms with Crippen molar-refractivity contribution < 1.29 is 8.42 Å². The molecule has 0 amide bonds. The van der Waals surface area contributed by atoms with E-state index in [0.717, 1.165) is 45.3 Å². The van der Waals surface area contributed by atoms with Gasteiger partial charge in [-0.25, -0.2) is 8.42 Å². The van der Waals surface area contributed by atoms with E-state index in [2.05, 4.69) is 16.0 Å². The third-order valence-corrected chi connectivity index (χ3v) is 6.09. The molecule has 1 spiro atoms. The molecule has 0 aliphatic carbocycles. The molecule has 2 aliphatic rings. The number of sulfonamides is 1. The van der Waals surface area contributed by atoms with Crippen LogP contribution in [0, 0.1) is 0 Å². The predicted molar refractivity (Wildman–Crippen MR) is 82.3 cm³/mol. The molecule has 0 radical (unpaired) electrons. The van der Waals surface area contributed by atoms with Crippen molar-refractivity contribution in [1.82, 2.24) is 14.2 Å². The Hall–Kier alpha value is -0.980. The zero-order chi connectivity index (χ0) is 14.9. The second-order valence-electron chi connectivity index (χ2n) is 6.34. The van der Waals surface area contributed by atoms with Gasteiger partial charge in [0.15, 0.2) is 0 Å². The maximum Gasteiger partial charge on any atom is 0.211 e. The van der Waals surface area contributed by atoms with Gasteiger partial charge in [0.05, 0.1) is 6.26 Å². The van der Waals surface area contributed by atoms with E-state index >= 15 is 0 Å². The van der Waals surface area contributed by atoms with E-state index < -0.39 is 10.0 Å². The summed E-state index contributed by atoms with van der Waals surface area (Å²) < 4.78 is 26.0. The summed E-state index contributed by atoms with van der Waals surface area (Å²) >= 11 is 0. The molecule has 21 heavy (non-hydrogen) atoms. The van der Waals surface area contributed by atoms with Crippen LogP contribution in [-0.4, -0.2) is 54.0 Å². The molecule has 6 heteroatoms. The zero-order valence-electron chi connectivity index (χ0n) is 12.5. The van der Waals surface area contributed by atoms with E-state index in [1.807, 2.05) is 12.3 Å². The molecule has 1 aromatic rings. The van der Waals surface area contributed by atoms with Gasteiger partial charge >= 0.3 is 0 Å². The van der Waals surface area contributed by atoms with E-state index in [1.54, 1.807) is 10.5 Å². The van der Waals surface area contributed by atoms with E-state index in [0.29, 0.717) is 6.54 Å². The van der Waals surface area contributed by atoms with Crippen LogP contribution in [0.4, 0.5) is 0 Å². The molecule has 3 rings (SSSR count). The Morgan fingerprint density at radius 3 is 2.86 bits per heavy atom. The summed E-state index contributed by atoms with van der Waals surface area (Å²) in [5.74, 6) is 0. The van der Waals surface area contributed by atoms with Gasteiger partial charge in [0.1, 0.15) is 0 Å². The lowest BCUT2D eigenvalue weighted by Gasteiger charge is -2.43. The fraction of sp³-hybridized carbons (Fsp3) is 0.667. The van der Waals surface area contributed by atoms with E-state index in [1.165, 1.54) is 11.8 Å². The third kappa shape index (κ3) is 3.12. The minimum absolute atomic E-state index is 0.173. The predicted octanol–water partition coefficient (Wildman–Crippen LogP) is 1.47. The second kappa shape index (κ2) is 5.66. The highest BCUT2D eigenvalue weighted by atomic mass is 32.2. The molecule has 0 bridgehead atoms. The van der Waals surface area contributed by atoms with Crippen molar-refractivity contribution in [3.63, 3.8) is 0 Å². The number of piperidine rings is 1. The van der Waals surface area contributed by atoms with Crippen molar-refractivity contribution in [3.05, 3.63) is 30.1 Å². The minimum Gasteiger partial charge on any atom is -0.297 e. The van der Waals surface area contributed by atoms with Crippen LogP contribution in [0.25, 0.3) is 0 Å². The van der Waals surface area contributed by atoms with Crippen LogP contribution < -0.4 is 0 Å². The zero-order valence-corrected chi connectivity index (χ0v) is 13.3. The average molecular weight is 309 g/mol. The molecule has 116 valence electrons. The molecule has 2 aliphatic heterocycles. The Labute approximate surface area is 127 Å². The van der Waals surface area contributed by atoms with Gasteiger partial charge in [-0.05, 0) is 30.9 Å². The number of likely N-dealkylation sites (tertiary alicyclic amines) is 1. The Balaban J connectivity index is 1.75. The van der Waals surface area contributed by atoms with Crippen molar-refractivity contribution in [3.8, 4) is 0 Å². The first-order valence-corrected chi connectivity index (χ1v) is 9.44. The Morgan fingerprint density at radius 2 is 2.14 bits per heavy atom. The average Bonchev–Trinajstić information content (AvgIpc) is 2.82. The van der Waals surface area contributed by atoms with Crippen molar-refractivity contribution in [1.29, 1.82) is 0 Å². The summed E-state index contributed by atoms with van der Waals surface area (Å²) in [5.41, 5.74) is 1.02. The van der Waals surface area contributed by atoms with Gasteiger partial charge in [0.2, 0.25) is 10.0 Å².